The molecule has 1 heterocycles. The molecule has 1 aromatic heterocycles. The van der Waals surface area contributed by atoms with E-state index < -0.39 is 0 Å². The molecule has 0 radical (unpaired) electrons. The number of aromatic nitrogens is 1. The van der Waals surface area contributed by atoms with Gasteiger partial charge in [0.2, 0.25) is 5.91 Å². The first-order valence-electron chi connectivity index (χ1n) is 5.04. The Morgan fingerprint density at radius 1 is 1.44 bits per heavy atom. The molecule has 0 unspecified atom stereocenters. The van der Waals surface area contributed by atoms with E-state index in [0.29, 0.717) is 12.4 Å². The lowest BCUT2D eigenvalue weighted by atomic mass is 10.1. The van der Waals surface area contributed by atoms with E-state index in [2.05, 4.69) is 10.3 Å². The molecule has 4 heteroatoms. The highest BCUT2D eigenvalue weighted by Crippen LogP contribution is 2.19. The lowest BCUT2D eigenvalue weighted by Crippen LogP contribution is -2.18. The molecule has 3 N–H and O–H groups in total. The number of rotatable bonds is 2. The van der Waals surface area contributed by atoms with Crippen LogP contribution in [0.25, 0.3) is 10.8 Å². The van der Waals surface area contributed by atoms with E-state index in [1.165, 1.54) is 6.92 Å². The number of pyridine rings is 1. The summed E-state index contributed by atoms with van der Waals surface area (Å²) in [5, 5.41) is 4.73. The fourth-order valence-electron chi connectivity index (χ4n) is 1.59. The van der Waals surface area contributed by atoms with Gasteiger partial charge >= 0.3 is 0 Å². The highest BCUT2D eigenvalue weighted by molar-refractivity contribution is 5.91. The number of hydrogen-bond acceptors (Lipinski definition) is 3. The predicted octanol–water partition coefficient (Wildman–Crippen LogP) is 1.45. The third-order valence-corrected chi connectivity index (χ3v) is 2.40. The number of anilines is 1. The first kappa shape index (κ1) is 10.4. The van der Waals surface area contributed by atoms with Crippen LogP contribution in [-0.4, -0.2) is 10.9 Å². The number of nitrogens with zero attached hydrogens (tertiary/aromatic N) is 1. The van der Waals surface area contributed by atoms with Crippen LogP contribution >= 0.6 is 0 Å². The Morgan fingerprint density at radius 2 is 2.25 bits per heavy atom. The van der Waals surface area contributed by atoms with Crippen LogP contribution in [0.4, 0.5) is 5.82 Å². The van der Waals surface area contributed by atoms with Crippen LogP contribution in [0.5, 0.6) is 0 Å². The van der Waals surface area contributed by atoms with Crippen LogP contribution in [-0.2, 0) is 11.3 Å². The van der Waals surface area contributed by atoms with Crippen molar-refractivity contribution >= 4 is 22.5 Å². The van der Waals surface area contributed by atoms with Crippen molar-refractivity contribution < 1.29 is 4.79 Å². The fraction of sp³-hybridized carbons (Fsp3) is 0.167. The van der Waals surface area contributed by atoms with Crippen molar-refractivity contribution in [1.82, 2.24) is 10.3 Å². The molecule has 0 bridgehead atoms. The SMILES string of the molecule is CC(=O)NCc1ccc2c(N)nccc2c1. The average Bonchev–Trinajstić information content (AvgIpc) is 2.26. The molecule has 0 saturated heterocycles. The lowest BCUT2D eigenvalue weighted by Gasteiger charge is -2.05. The van der Waals surface area contributed by atoms with Gasteiger partial charge in [-0.3, -0.25) is 4.79 Å². The van der Waals surface area contributed by atoms with Gasteiger partial charge in [0.1, 0.15) is 5.82 Å². The van der Waals surface area contributed by atoms with Gasteiger partial charge in [0.05, 0.1) is 0 Å². The second-order valence-corrected chi connectivity index (χ2v) is 3.66. The molecule has 0 aliphatic rings. The number of carbonyl (C=O) groups excluding carboxylic acids is 1. The van der Waals surface area contributed by atoms with E-state index in [1.54, 1.807) is 6.20 Å². The smallest absolute Gasteiger partial charge is 0.217 e. The van der Waals surface area contributed by atoms with Crippen LogP contribution in [0.2, 0.25) is 0 Å². The Morgan fingerprint density at radius 3 is 3.00 bits per heavy atom. The first-order chi connectivity index (χ1) is 7.66. The van der Waals surface area contributed by atoms with Gasteiger partial charge in [-0.15, -0.1) is 0 Å². The molecule has 0 fully saturated rings. The summed E-state index contributed by atoms with van der Waals surface area (Å²) in [5.41, 5.74) is 6.80. The highest BCUT2D eigenvalue weighted by atomic mass is 16.1. The van der Waals surface area contributed by atoms with Crippen molar-refractivity contribution in [2.75, 3.05) is 5.73 Å². The Bertz CT molecular complexity index is 537. The van der Waals surface area contributed by atoms with Crippen molar-refractivity contribution in [2.45, 2.75) is 13.5 Å². The van der Waals surface area contributed by atoms with E-state index in [-0.39, 0.29) is 5.91 Å². The molecular formula is C12H13N3O. The van der Waals surface area contributed by atoms with E-state index in [0.717, 1.165) is 16.3 Å². The maximum absolute atomic E-state index is 10.8. The topological polar surface area (TPSA) is 68.0 Å². The zero-order valence-electron chi connectivity index (χ0n) is 9.03. The molecule has 0 atom stereocenters. The van der Waals surface area contributed by atoms with Crippen molar-refractivity contribution in [3.05, 3.63) is 36.0 Å². The van der Waals surface area contributed by atoms with Gasteiger partial charge in [0.25, 0.3) is 0 Å². The summed E-state index contributed by atoms with van der Waals surface area (Å²) in [7, 11) is 0. The van der Waals surface area contributed by atoms with Gasteiger partial charge in [0.15, 0.2) is 0 Å². The molecule has 4 nitrogen and oxygen atoms in total. The van der Waals surface area contributed by atoms with Crippen LogP contribution in [0.15, 0.2) is 30.5 Å². The second-order valence-electron chi connectivity index (χ2n) is 3.66. The summed E-state index contributed by atoms with van der Waals surface area (Å²) in [4.78, 5) is 14.8. The molecule has 0 saturated carbocycles. The van der Waals surface area contributed by atoms with Crippen LogP contribution in [0.3, 0.4) is 0 Å². The fourth-order valence-corrected chi connectivity index (χ4v) is 1.59. The Balaban J connectivity index is 2.33. The van der Waals surface area contributed by atoms with Crippen LogP contribution in [0.1, 0.15) is 12.5 Å². The lowest BCUT2D eigenvalue weighted by molar-refractivity contribution is -0.119. The Labute approximate surface area is 93.5 Å². The largest absolute Gasteiger partial charge is 0.383 e. The molecule has 0 aliphatic heterocycles. The predicted molar refractivity (Wildman–Crippen MR) is 63.7 cm³/mol. The number of amides is 1. The van der Waals surface area contributed by atoms with Crippen molar-refractivity contribution in [3.63, 3.8) is 0 Å². The van der Waals surface area contributed by atoms with Gasteiger partial charge in [-0.2, -0.15) is 0 Å². The maximum Gasteiger partial charge on any atom is 0.217 e. The van der Waals surface area contributed by atoms with Gasteiger partial charge in [0, 0.05) is 25.1 Å². The van der Waals surface area contributed by atoms with E-state index in [1.807, 2.05) is 24.3 Å². The molecule has 16 heavy (non-hydrogen) atoms. The number of nitrogen functional groups attached to an aromatic ring is 1. The summed E-state index contributed by atoms with van der Waals surface area (Å²) >= 11 is 0. The van der Waals surface area contributed by atoms with E-state index in [4.69, 9.17) is 5.73 Å². The number of nitrogens with one attached hydrogen (secondary N) is 1. The van der Waals surface area contributed by atoms with Gasteiger partial charge in [-0.25, -0.2) is 4.98 Å². The van der Waals surface area contributed by atoms with Crippen LogP contribution in [0, 0.1) is 0 Å². The molecule has 0 aliphatic carbocycles. The average molecular weight is 215 g/mol. The molecule has 1 aromatic carbocycles. The molecule has 2 aromatic rings. The molecular weight excluding hydrogens is 202 g/mol. The number of fused-ring (bicyclic) bond motifs is 1. The summed E-state index contributed by atoms with van der Waals surface area (Å²) in [6.45, 7) is 2.04. The minimum absolute atomic E-state index is 0.0330. The van der Waals surface area contributed by atoms with Gasteiger partial charge < -0.3 is 11.1 Å². The van der Waals surface area contributed by atoms with Crippen molar-refractivity contribution in [1.29, 1.82) is 0 Å². The summed E-state index contributed by atoms with van der Waals surface area (Å²) in [5.74, 6) is 0.498. The third-order valence-electron chi connectivity index (χ3n) is 2.40. The standard InChI is InChI=1S/C12H13N3O/c1-8(16)15-7-9-2-3-11-10(6-9)4-5-14-12(11)13/h2-6H,7H2,1H3,(H2,13,14)(H,15,16). The van der Waals surface area contributed by atoms with Gasteiger partial charge in [-0.1, -0.05) is 12.1 Å². The summed E-state index contributed by atoms with van der Waals surface area (Å²) in [6.07, 6.45) is 1.68. The Hall–Kier alpha value is -2.10. The van der Waals surface area contributed by atoms with Crippen molar-refractivity contribution in [3.8, 4) is 0 Å². The number of nitrogens with two attached hydrogens (primary N) is 1. The van der Waals surface area contributed by atoms with Crippen LogP contribution < -0.4 is 11.1 Å². The summed E-state index contributed by atoms with van der Waals surface area (Å²) in [6, 6.07) is 7.78. The zero-order chi connectivity index (χ0) is 11.5. The van der Waals surface area contributed by atoms with E-state index >= 15 is 0 Å². The molecule has 1 amide bonds. The monoisotopic (exact) mass is 215 g/mol. The van der Waals surface area contributed by atoms with Crippen molar-refractivity contribution in [2.24, 2.45) is 0 Å². The number of benzene rings is 1. The summed E-state index contributed by atoms with van der Waals surface area (Å²) < 4.78 is 0. The molecule has 0 spiro atoms. The molecule has 82 valence electrons. The zero-order valence-corrected chi connectivity index (χ0v) is 9.03. The quantitative estimate of drug-likeness (QED) is 0.796. The third kappa shape index (κ3) is 2.11. The highest BCUT2D eigenvalue weighted by Gasteiger charge is 2.00. The molecule has 2 rings (SSSR count). The normalized spacial score (nSPS) is 10.3. The second kappa shape index (κ2) is 4.18. The minimum Gasteiger partial charge on any atom is -0.383 e. The number of hydrogen-bond donors (Lipinski definition) is 2. The van der Waals surface area contributed by atoms with Gasteiger partial charge in [-0.05, 0) is 23.1 Å². The number of carbonyl (C=O) groups is 1. The first-order valence-corrected chi connectivity index (χ1v) is 5.04. The maximum atomic E-state index is 10.8. The van der Waals surface area contributed by atoms with E-state index in [9.17, 15) is 4.79 Å². The Kier molecular flexibility index (Phi) is 2.72. The minimum atomic E-state index is -0.0330.